The molecule has 122 valence electrons. The summed E-state index contributed by atoms with van der Waals surface area (Å²) in [5.74, 6) is -3.42. The van der Waals surface area contributed by atoms with Crippen molar-refractivity contribution in [2.24, 2.45) is 0 Å². The number of hydrogen-bond acceptors (Lipinski definition) is 5. The first-order valence-electron chi connectivity index (χ1n) is 6.76. The number of nitrogens with one attached hydrogen (secondary N) is 1. The molecular formula is C16H12N2O6. The van der Waals surface area contributed by atoms with Crippen LogP contribution >= 0.6 is 0 Å². The summed E-state index contributed by atoms with van der Waals surface area (Å²) in [6.45, 7) is 0. The molecule has 1 amide bonds. The van der Waals surface area contributed by atoms with Gasteiger partial charge in [-0.15, -0.1) is 0 Å². The number of nitriles is 1. The lowest BCUT2D eigenvalue weighted by Gasteiger charge is -2.10. The zero-order valence-corrected chi connectivity index (χ0v) is 12.2. The molecule has 8 nitrogen and oxygen atoms in total. The highest BCUT2D eigenvalue weighted by atomic mass is 16.4. The average Bonchev–Trinajstić information content (AvgIpc) is 3.04. The normalized spacial score (nSPS) is 11.3. The number of rotatable bonds is 6. The van der Waals surface area contributed by atoms with Gasteiger partial charge >= 0.3 is 11.9 Å². The number of carboxylic acid groups (broad SMARTS) is 2. The Morgan fingerprint density at radius 2 is 1.79 bits per heavy atom. The van der Waals surface area contributed by atoms with Gasteiger partial charge in [-0.05, 0) is 36.4 Å². The largest absolute Gasteiger partial charge is 0.481 e. The number of hydrogen-bond donors (Lipinski definition) is 3. The number of nitrogens with zero attached hydrogens (tertiary/aromatic N) is 1. The number of amides is 1. The van der Waals surface area contributed by atoms with E-state index < -0.39 is 30.3 Å². The van der Waals surface area contributed by atoms with Gasteiger partial charge < -0.3 is 19.9 Å². The Kier molecular flexibility index (Phi) is 4.96. The summed E-state index contributed by atoms with van der Waals surface area (Å²) in [5, 5.41) is 28.4. The average molecular weight is 328 g/mol. The molecule has 1 atom stereocenters. The molecule has 0 saturated carbocycles. The van der Waals surface area contributed by atoms with Crippen LogP contribution in [-0.2, 0) is 9.59 Å². The van der Waals surface area contributed by atoms with Gasteiger partial charge in [0.2, 0.25) is 0 Å². The molecule has 0 unspecified atom stereocenters. The van der Waals surface area contributed by atoms with Crippen molar-refractivity contribution in [3.05, 3.63) is 47.7 Å². The molecule has 0 radical (unpaired) electrons. The number of carbonyl (C=O) groups excluding carboxylic acids is 1. The maximum absolute atomic E-state index is 12.0. The first-order chi connectivity index (χ1) is 11.4. The van der Waals surface area contributed by atoms with E-state index in [2.05, 4.69) is 5.32 Å². The van der Waals surface area contributed by atoms with E-state index in [4.69, 9.17) is 19.9 Å². The van der Waals surface area contributed by atoms with E-state index in [0.717, 1.165) is 0 Å². The van der Waals surface area contributed by atoms with E-state index in [0.29, 0.717) is 16.9 Å². The minimum Gasteiger partial charge on any atom is -0.481 e. The number of carboxylic acids is 2. The van der Waals surface area contributed by atoms with Crippen LogP contribution in [0.2, 0.25) is 0 Å². The van der Waals surface area contributed by atoms with Gasteiger partial charge in [0.15, 0.2) is 5.76 Å². The van der Waals surface area contributed by atoms with Crippen LogP contribution in [-0.4, -0.2) is 34.1 Å². The molecule has 1 aromatic heterocycles. The van der Waals surface area contributed by atoms with E-state index in [1.807, 2.05) is 6.07 Å². The Hall–Kier alpha value is -3.60. The first kappa shape index (κ1) is 16.8. The van der Waals surface area contributed by atoms with Crippen LogP contribution in [0.5, 0.6) is 0 Å². The van der Waals surface area contributed by atoms with Crippen molar-refractivity contribution in [1.82, 2.24) is 5.32 Å². The highest BCUT2D eigenvalue weighted by Crippen LogP contribution is 2.22. The van der Waals surface area contributed by atoms with E-state index in [1.54, 1.807) is 24.3 Å². The molecule has 0 bridgehead atoms. The second-order valence-electron chi connectivity index (χ2n) is 4.82. The van der Waals surface area contributed by atoms with Crippen LogP contribution in [0.1, 0.15) is 22.5 Å². The van der Waals surface area contributed by atoms with E-state index in [1.165, 1.54) is 12.1 Å². The second kappa shape index (κ2) is 7.11. The van der Waals surface area contributed by atoms with Crippen LogP contribution in [0.4, 0.5) is 0 Å². The molecule has 8 heteroatoms. The third-order valence-corrected chi connectivity index (χ3v) is 3.11. The third kappa shape index (κ3) is 3.98. The smallest absolute Gasteiger partial charge is 0.326 e. The van der Waals surface area contributed by atoms with Crippen molar-refractivity contribution < 1.29 is 29.0 Å². The summed E-state index contributed by atoms with van der Waals surface area (Å²) in [4.78, 5) is 33.5. The zero-order valence-electron chi connectivity index (χ0n) is 12.2. The lowest BCUT2D eigenvalue weighted by molar-refractivity contribution is -0.145. The molecule has 1 heterocycles. The Morgan fingerprint density at radius 1 is 1.12 bits per heavy atom. The topological polar surface area (TPSA) is 141 Å². The zero-order chi connectivity index (χ0) is 17.7. The van der Waals surface area contributed by atoms with Gasteiger partial charge in [-0.3, -0.25) is 9.59 Å². The number of aliphatic carboxylic acids is 2. The highest BCUT2D eigenvalue weighted by Gasteiger charge is 2.25. The van der Waals surface area contributed by atoms with E-state index in [-0.39, 0.29) is 5.76 Å². The fourth-order valence-electron chi connectivity index (χ4n) is 1.93. The maximum atomic E-state index is 12.0. The molecule has 0 aliphatic rings. The van der Waals surface area contributed by atoms with Crippen molar-refractivity contribution in [3.8, 4) is 17.4 Å². The predicted molar refractivity (Wildman–Crippen MR) is 80.0 cm³/mol. The molecule has 0 spiro atoms. The van der Waals surface area contributed by atoms with Crippen LogP contribution in [0.3, 0.4) is 0 Å². The molecule has 2 aromatic rings. The molecule has 0 aliphatic heterocycles. The van der Waals surface area contributed by atoms with Gasteiger partial charge in [0, 0.05) is 5.56 Å². The molecule has 1 aromatic carbocycles. The van der Waals surface area contributed by atoms with Gasteiger partial charge in [-0.2, -0.15) is 5.26 Å². The Labute approximate surface area is 135 Å². The van der Waals surface area contributed by atoms with Crippen molar-refractivity contribution in [2.75, 3.05) is 0 Å². The summed E-state index contributed by atoms with van der Waals surface area (Å²) in [6.07, 6.45) is -0.746. The summed E-state index contributed by atoms with van der Waals surface area (Å²) < 4.78 is 5.36. The van der Waals surface area contributed by atoms with Crippen molar-refractivity contribution in [1.29, 1.82) is 5.26 Å². The maximum Gasteiger partial charge on any atom is 0.326 e. The molecule has 0 saturated heterocycles. The molecule has 24 heavy (non-hydrogen) atoms. The third-order valence-electron chi connectivity index (χ3n) is 3.11. The van der Waals surface area contributed by atoms with Crippen LogP contribution in [0.15, 0.2) is 40.8 Å². The molecular weight excluding hydrogens is 316 g/mol. The SMILES string of the molecule is N#Cc1ccc(-c2ccc(C(=O)N[C@@H](CC(=O)O)C(=O)O)o2)cc1. The fraction of sp³-hybridized carbons (Fsp3) is 0.125. The Morgan fingerprint density at radius 3 is 2.33 bits per heavy atom. The summed E-state index contributed by atoms with van der Waals surface area (Å²) in [7, 11) is 0. The standard InChI is InChI=1S/C16H12N2O6/c17-8-9-1-3-10(4-2-9)12-5-6-13(24-12)15(21)18-11(16(22)23)7-14(19)20/h1-6,11H,7H2,(H,18,21)(H,19,20)(H,22,23)/t11-/m0/s1. The second-order valence-corrected chi connectivity index (χ2v) is 4.82. The molecule has 3 N–H and O–H groups in total. The fourth-order valence-corrected chi connectivity index (χ4v) is 1.93. The van der Waals surface area contributed by atoms with E-state index >= 15 is 0 Å². The molecule has 0 aliphatic carbocycles. The number of furan rings is 1. The highest BCUT2D eigenvalue weighted by molar-refractivity contribution is 5.95. The van der Waals surface area contributed by atoms with Crippen molar-refractivity contribution >= 4 is 17.8 Å². The monoisotopic (exact) mass is 328 g/mol. The summed E-state index contributed by atoms with van der Waals surface area (Å²) >= 11 is 0. The van der Waals surface area contributed by atoms with Gasteiger partial charge in [-0.25, -0.2) is 4.79 Å². The quantitative estimate of drug-likeness (QED) is 0.729. The lowest BCUT2D eigenvalue weighted by atomic mass is 10.1. The van der Waals surface area contributed by atoms with Crippen molar-refractivity contribution in [2.45, 2.75) is 12.5 Å². The van der Waals surface area contributed by atoms with Crippen LogP contribution < -0.4 is 5.32 Å². The van der Waals surface area contributed by atoms with E-state index in [9.17, 15) is 14.4 Å². The molecule has 0 fully saturated rings. The van der Waals surface area contributed by atoms with Gasteiger partial charge in [0.1, 0.15) is 11.8 Å². The van der Waals surface area contributed by atoms with Gasteiger partial charge in [0.25, 0.3) is 5.91 Å². The summed E-state index contributed by atoms with van der Waals surface area (Å²) in [5.41, 5.74) is 1.11. The minimum absolute atomic E-state index is 0.147. The lowest BCUT2D eigenvalue weighted by Crippen LogP contribution is -2.42. The van der Waals surface area contributed by atoms with Gasteiger partial charge in [0.05, 0.1) is 18.1 Å². The van der Waals surface area contributed by atoms with Crippen LogP contribution in [0.25, 0.3) is 11.3 Å². The van der Waals surface area contributed by atoms with Gasteiger partial charge in [-0.1, -0.05) is 0 Å². The Balaban J connectivity index is 2.14. The number of carbonyl (C=O) groups is 3. The summed E-state index contributed by atoms with van der Waals surface area (Å²) in [6, 6.07) is 9.75. The van der Waals surface area contributed by atoms with Crippen molar-refractivity contribution in [3.63, 3.8) is 0 Å². The number of benzene rings is 1. The predicted octanol–water partition coefficient (Wildman–Crippen LogP) is 1.48. The van der Waals surface area contributed by atoms with Crippen LogP contribution in [0, 0.1) is 11.3 Å². The minimum atomic E-state index is -1.56. The first-order valence-corrected chi connectivity index (χ1v) is 6.76. The Bertz CT molecular complexity index is 816. The molecule has 2 rings (SSSR count).